The summed E-state index contributed by atoms with van der Waals surface area (Å²) in [5, 5.41) is 0. The molecule has 0 N–H and O–H groups in total. The van der Waals surface area contributed by atoms with Gasteiger partial charge in [-0.25, -0.2) is 9.59 Å². The summed E-state index contributed by atoms with van der Waals surface area (Å²) < 4.78 is 16.3. The van der Waals surface area contributed by atoms with Crippen molar-refractivity contribution >= 4 is 27.9 Å². The van der Waals surface area contributed by atoms with E-state index in [1.54, 1.807) is 25.1 Å². The number of ether oxygens (including phenoxy) is 3. The fourth-order valence-electron chi connectivity index (χ4n) is 3.17. The maximum absolute atomic E-state index is 12.6. The van der Waals surface area contributed by atoms with Gasteiger partial charge in [0.25, 0.3) is 0 Å². The summed E-state index contributed by atoms with van der Waals surface area (Å²) in [4.78, 5) is 27.0. The average Bonchev–Trinajstić information content (AvgIpc) is 2.64. The molecule has 1 aromatic rings. The Labute approximate surface area is 161 Å². The van der Waals surface area contributed by atoms with Gasteiger partial charge < -0.3 is 19.1 Å². The molecule has 26 heavy (non-hydrogen) atoms. The van der Waals surface area contributed by atoms with E-state index in [0.29, 0.717) is 33.9 Å². The molecule has 0 fully saturated rings. The molecule has 0 atom stereocenters. The summed E-state index contributed by atoms with van der Waals surface area (Å²) in [7, 11) is 5.98. The van der Waals surface area contributed by atoms with Crippen LogP contribution in [0, 0.1) is 0 Å². The summed E-state index contributed by atoms with van der Waals surface area (Å²) in [5.74, 6) is -1.12. The topological polar surface area (TPSA) is 65.1 Å². The molecule has 1 heterocycles. The Kier molecular flexibility index (Phi) is 6.13. The molecule has 0 spiro atoms. The van der Waals surface area contributed by atoms with Gasteiger partial charge >= 0.3 is 11.9 Å². The lowest BCUT2D eigenvalue weighted by Crippen LogP contribution is -2.33. The van der Waals surface area contributed by atoms with Gasteiger partial charge in [-0.1, -0.05) is 15.9 Å². The number of methoxy groups -OCH3 is 3. The summed E-state index contributed by atoms with van der Waals surface area (Å²) in [5.41, 5.74) is 2.83. The minimum absolute atomic E-state index is 0.373. The van der Waals surface area contributed by atoms with Gasteiger partial charge in [-0.3, -0.25) is 0 Å². The minimum atomic E-state index is -0.668. The third-order valence-corrected chi connectivity index (χ3v) is 5.17. The molecule has 2 rings (SSSR count). The minimum Gasteiger partial charge on any atom is -0.496 e. The van der Waals surface area contributed by atoms with Crippen LogP contribution < -0.4 is 4.74 Å². The second kappa shape index (κ2) is 7.95. The van der Waals surface area contributed by atoms with Crippen molar-refractivity contribution in [2.75, 3.05) is 28.4 Å². The first-order valence-electron chi connectivity index (χ1n) is 7.93. The number of carbonyl (C=O) groups is 2. The van der Waals surface area contributed by atoms with E-state index in [-0.39, 0.29) is 0 Å². The predicted octanol–water partition coefficient (Wildman–Crippen LogP) is 3.38. The third kappa shape index (κ3) is 3.35. The normalized spacial score (nSPS) is 15.3. The van der Waals surface area contributed by atoms with Gasteiger partial charge in [0, 0.05) is 28.5 Å². The summed E-state index contributed by atoms with van der Waals surface area (Å²) in [6.07, 6.45) is 0. The molecule has 0 radical (unpaired) electrons. The van der Waals surface area contributed by atoms with Crippen LogP contribution in [0.4, 0.5) is 0 Å². The van der Waals surface area contributed by atoms with Crippen molar-refractivity contribution in [3.8, 4) is 5.75 Å². The summed E-state index contributed by atoms with van der Waals surface area (Å²) in [6, 6.07) is 5.45. The number of hydrogen-bond acceptors (Lipinski definition) is 6. The van der Waals surface area contributed by atoms with Gasteiger partial charge in [0.05, 0.1) is 38.4 Å². The van der Waals surface area contributed by atoms with Crippen molar-refractivity contribution in [2.45, 2.75) is 19.8 Å². The van der Waals surface area contributed by atoms with Gasteiger partial charge in [0.15, 0.2) is 0 Å². The Hall–Kier alpha value is -2.28. The number of halogens is 1. The van der Waals surface area contributed by atoms with Crippen LogP contribution in [0.15, 0.2) is 45.2 Å². The van der Waals surface area contributed by atoms with Crippen LogP contribution in [0.5, 0.6) is 5.75 Å². The quantitative estimate of drug-likeness (QED) is 0.691. The van der Waals surface area contributed by atoms with E-state index in [2.05, 4.69) is 15.9 Å². The van der Waals surface area contributed by atoms with Crippen molar-refractivity contribution in [3.05, 3.63) is 50.8 Å². The van der Waals surface area contributed by atoms with Gasteiger partial charge in [0.1, 0.15) is 5.75 Å². The molecule has 1 aliphatic rings. The molecule has 140 valence electrons. The molecule has 0 aromatic heterocycles. The lowest BCUT2D eigenvalue weighted by Gasteiger charge is -2.35. The molecule has 7 heteroatoms. The third-order valence-electron chi connectivity index (χ3n) is 4.68. The lowest BCUT2D eigenvalue weighted by atomic mass is 9.79. The average molecular weight is 424 g/mol. The van der Waals surface area contributed by atoms with Crippen molar-refractivity contribution in [1.29, 1.82) is 0 Å². The van der Waals surface area contributed by atoms with Crippen molar-refractivity contribution in [3.63, 3.8) is 0 Å². The smallest absolute Gasteiger partial charge is 0.336 e. The molecule has 0 saturated carbocycles. The maximum Gasteiger partial charge on any atom is 0.336 e. The Balaban J connectivity index is 2.86. The van der Waals surface area contributed by atoms with E-state index >= 15 is 0 Å². The largest absolute Gasteiger partial charge is 0.496 e. The monoisotopic (exact) mass is 423 g/mol. The molecule has 0 bridgehead atoms. The first-order chi connectivity index (χ1) is 12.3. The van der Waals surface area contributed by atoms with Crippen LogP contribution in [-0.2, 0) is 19.1 Å². The van der Waals surface area contributed by atoms with Crippen LogP contribution in [0.3, 0.4) is 0 Å². The highest BCUT2D eigenvalue weighted by Crippen LogP contribution is 2.45. The Morgan fingerprint density at radius 2 is 1.50 bits per heavy atom. The highest BCUT2D eigenvalue weighted by molar-refractivity contribution is 9.10. The number of rotatable bonds is 4. The van der Waals surface area contributed by atoms with Crippen LogP contribution in [0.2, 0.25) is 0 Å². The molecule has 1 aromatic carbocycles. The number of nitrogens with zero attached hydrogens (tertiary/aromatic N) is 1. The van der Waals surface area contributed by atoms with E-state index in [0.717, 1.165) is 4.47 Å². The predicted molar refractivity (Wildman–Crippen MR) is 101 cm³/mol. The molecular formula is C19H22BrNO5. The SMILES string of the molecule is COC(=O)C1=C(C)N(C)C(C)=C(C(=O)OC)C1c1cc(Br)ccc1OC. The lowest BCUT2D eigenvalue weighted by molar-refractivity contribution is -0.137. The van der Waals surface area contributed by atoms with E-state index in [1.165, 1.54) is 14.2 Å². The molecule has 6 nitrogen and oxygen atoms in total. The molecule has 0 saturated heterocycles. The summed E-state index contributed by atoms with van der Waals surface area (Å²) >= 11 is 3.45. The molecule has 0 aliphatic carbocycles. The van der Waals surface area contributed by atoms with Crippen LogP contribution in [-0.4, -0.2) is 45.2 Å². The molecule has 1 aliphatic heterocycles. The zero-order valence-corrected chi connectivity index (χ0v) is 17.3. The Bertz CT molecular complexity index is 772. The molecular weight excluding hydrogens is 402 g/mol. The van der Waals surface area contributed by atoms with Crippen LogP contribution in [0.1, 0.15) is 25.3 Å². The van der Waals surface area contributed by atoms with Gasteiger partial charge in [0.2, 0.25) is 0 Å². The zero-order chi connectivity index (χ0) is 19.6. The fourth-order valence-corrected chi connectivity index (χ4v) is 3.55. The number of hydrogen-bond donors (Lipinski definition) is 0. The van der Waals surface area contributed by atoms with Crippen molar-refractivity contribution in [1.82, 2.24) is 4.90 Å². The van der Waals surface area contributed by atoms with E-state index < -0.39 is 17.9 Å². The second-order valence-corrected chi connectivity index (χ2v) is 6.78. The zero-order valence-electron chi connectivity index (χ0n) is 15.7. The Morgan fingerprint density at radius 3 is 1.92 bits per heavy atom. The van der Waals surface area contributed by atoms with Crippen molar-refractivity contribution in [2.24, 2.45) is 0 Å². The van der Waals surface area contributed by atoms with Crippen LogP contribution >= 0.6 is 15.9 Å². The standard InChI is InChI=1S/C19H22BrNO5/c1-10-15(18(22)25-5)17(13-9-12(20)7-8-14(13)24-4)16(19(23)26-6)11(2)21(10)3/h7-9,17H,1-6H3. The van der Waals surface area contributed by atoms with E-state index in [1.807, 2.05) is 26.0 Å². The van der Waals surface area contributed by atoms with Crippen LogP contribution in [0.25, 0.3) is 0 Å². The number of esters is 2. The molecule has 0 amide bonds. The maximum atomic E-state index is 12.6. The van der Waals surface area contributed by atoms with Crippen molar-refractivity contribution < 1.29 is 23.8 Å². The number of carbonyl (C=O) groups excluding carboxylic acids is 2. The first-order valence-corrected chi connectivity index (χ1v) is 8.73. The number of benzene rings is 1. The van der Waals surface area contributed by atoms with Gasteiger partial charge in [-0.05, 0) is 32.0 Å². The highest BCUT2D eigenvalue weighted by atomic mass is 79.9. The first kappa shape index (κ1) is 20.0. The van der Waals surface area contributed by atoms with E-state index in [9.17, 15) is 9.59 Å². The van der Waals surface area contributed by atoms with E-state index in [4.69, 9.17) is 14.2 Å². The highest BCUT2D eigenvalue weighted by Gasteiger charge is 2.40. The Morgan fingerprint density at radius 1 is 1.00 bits per heavy atom. The van der Waals surface area contributed by atoms with Gasteiger partial charge in [-0.2, -0.15) is 0 Å². The fraction of sp³-hybridized carbons (Fsp3) is 0.368. The van der Waals surface area contributed by atoms with Gasteiger partial charge in [-0.15, -0.1) is 0 Å². The number of allylic oxidation sites excluding steroid dienone is 2. The summed E-state index contributed by atoms with van der Waals surface area (Å²) in [6.45, 7) is 3.64. The molecule has 0 unspecified atom stereocenters. The second-order valence-electron chi connectivity index (χ2n) is 5.86.